The van der Waals surface area contributed by atoms with E-state index in [1.165, 1.54) is 12.1 Å². The van der Waals surface area contributed by atoms with E-state index in [-0.39, 0.29) is 23.5 Å². The monoisotopic (exact) mass is 504 g/mol. The molecule has 6 nitrogen and oxygen atoms in total. The summed E-state index contributed by atoms with van der Waals surface area (Å²) in [7, 11) is -3.78. The van der Waals surface area contributed by atoms with Gasteiger partial charge in [-0.05, 0) is 85.8 Å². The number of halogens is 1. The van der Waals surface area contributed by atoms with Gasteiger partial charge in [-0.1, -0.05) is 23.7 Å². The average Bonchev–Trinajstić information content (AvgIpc) is 2.79. The SMILES string of the molecule is CSc1ccc(C(C)NC(=O)COc2ccc(S(=O)(=O)Nc3ccc(Cl)cc3)cc2C)cc1. The molecule has 9 heteroatoms. The Kier molecular flexibility index (Phi) is 8.29. The van der Waals surface area contributed by atoms with Gasteiger partial charge in [-0.3, -0.25) is 9.52 Å². The number of aryl methyl sites for hydroxylation is 1. The van der Waals surface area contributed by atoms with Crippen molar-refractivity contribution >= 4 is 45.0 Å². The zero-order chi connectivity index (χ0) is 24.0. The number of anilines is 1. The molecular weight excluding hydrogens is 480 g/mol. The van der Waals surface area contributed by atoms with E-state index in [0.717, 1.165) is 10.5 Å². The highest BCUT2D eigenvalue weighted by Crippen LogP contribution is 2.24. The molecule has 0 saturated carbocycles. The third kappa shape index (κ3) is 6.90. The molecule has 0 saturated heterocycles. The van der Waals surface area contributed by atoms with Crippen molar-refractivity contribution in [3.05, 3.63) is 82.9 Å². The molecular formula is C24H25ClN2O4S2. The molecule has 1 atom stereocenters. The first-order chi connectivity index (χ1) is 15.7. The number of carbonyl (C=O) groups is 1. The largest absolute Gasteiger partial charge is 0.484 e. The molecule has 0 heterocycles. The van der Waals surface area contributed by atoms with Crippen LogP contribution in [0.1, 0.15) is 24.1 Å². The molecule has 0 spiro atoms. The van der Waals surface area contributed by atoms with Crippen molar-refractivity contribution < 1.29 is 17.9 Å². The molecule has 3 rings (SSSR count). The van der Waals surface area contributed by atoms with E-state index >= 15 is 0 Å². The van der Waals surface area contributed by atoms with Crippen molar-refractivity contribution in [2.75, 3.05) is 17.6 Å². The zero-order valence-corrected chi connectivity index (χ0v) is 20.9. The molecule has 174 valence electrons. The van der Waals surface area contributed by atoms with Crippen LogP contribution < -0.4 is 14.8 Å². The molecule has 0 bridgehead atoms. The Labute approximate surface area is 203 Å². The molecule has 0 radical (unpaired) electrons. The van der Waals surface area contributed by atoms with E-state index in [2.05, 4.69) is 10.0 Å². The van der Waals surface area contributed by atoms with Crippen LogP contribution >= 0.6 is 23.4 Å². The summed E-state index contributed by atoms with van der Waals surface area (Å²) in [5.74, 6) is 0.171. The van der Waals surface area contributed by atoms with Crippen molar-refractivity contribution in [1.82, 2.24) is 5.32 Å². The lowest BCUT2D eigenvalue weighted by Crippen LogP contribution is -2.31. The van der Waals surface area contributed by atoms with Crippen molar-refractivity contribution in [1.29, 1.82) is 0 Å². The van der Waals surface area contributed by atoms with Gasteiger partial charge in [-0.15, -0.1) is 11.8 Å². The molecule has 33 heavy (non-hydrogen) atoms. The van der Waals surface area contributed by atoms with Crippen LogP contribution in [0.25, 0.3) is 0 Å². The van der Waals surface area contributed by atoms with E-state index in [4.69, 9.17) is 16.3 Å². The van der Waals surface area contributed by atoms with Gasteiger partial charge in [0, 0.05) is 15.6 Å². The van der Waals surface area contributed by atoms with Gasteiger partial charge in [-0.25, -0.2) is 8.42 Å². The van der Waals surface area contributed by atoms with Crippen LogP contribution in [-0.2, 0) is 14.8 Å². The number of benzene rings is 3. The lowest BCUT2D eigenvalue weighted by molar-refractivity contribution is -0.123. The molecule has 0 fully saturated rings. The summed E-state index contributed by atoms with van der Waals surface area (Å²) < 4.78 is 33.5. The highest BCUT2D eigenvalue weighted by atomic mass is 35.5. The summed E-state index contributed by atoms with van der Waals surface area (Å²) in [6, 6.07) is 18.7. The third-order valence-electron chi connectivity index (χ3n) is 4.91. The first kappa shape index (κ1) is 25.0. The number of carbonyl (C=O) groups excluding carboxylic acids is 1. The minimum absolute atomic E-state index is 0.0917. The van der Waals surface area contributed by atoms with E-state index in [0.29, 0.717) is 22.0 Å². The maximum atomic E-state index is 12.7. The Morgan fingerprint density at radius 1 is 1.06 bits per heavy atom. The first-order valence-corrected chi connectivity index (χ1v) is 13.2. The predicted molar refractivity (Wildman–Crippen MR) is 134 cm³/mol. The van der Waals surface area contributed by atoms with E-state index < -0.39 is 10.0 Å². The van der Waals surface area contributed by atoms with Gasteiger partial charge in [0.1, 0.15) is 5.75 Å². The summed E-state index contributed by atoms with van der Waals surface area (Å²) in [6.07, 6.45) is 2.01. The first-order valence-electron chi connectivity index (χ1n) is 10.1. The molecule has 2 N–H and O–H groups in total. The maximum Gasteiger partial charge on any atom is 0.261 e. The Bertz CT molecular complexity index is 1210. The fraction of sp³-hybridized carbons (Fsp3) is 0.208. The highest BCUT2D eigenvalue weighted by molar-refractivity contribution is 7.98. The normalized spacial score (nSPS) is 12.1. The number of hydrogen-bond acceptors (Lipinski definition) is 5. The van der Waals surface area contributed by atoms with Crippen LogP contribution in [-0.4, -0.2) is 27.2 Å². The van der Waals surface area contributed by atoms with Gasteiger partial charge in [0.05, 0.1) is 10.9 Å². The molecule has 0 aliphatic carbocycles. The summed E-state index contributed by atoms with van der Waals surface area (Å²) in [6.45, 7) is 3.46. The lowest BCUT2D eigenvalue weighted by Gasteiger charge is -2.16. The predicted octanol–water partition coefficient (Wildman–Crippen LogP) is 5.43. The van der Waals surface area contributed by atoms with Crippen molar-refractivity contribution in [3.8, 4) is 5.75 Å². The number of amides is 1. The number of ether oxygens (including phenoxy) is 1. The number of sulfonamides is 1. The highest BCUT2D eigenvalue weighted by Gasteiger charge is 2.17. The van der Waals surface area contributed by atoms with E-state index in [1.54, 1.807) is 49.0 Å². The van der Waals surface area contributed by atoms with Gasteiger partial charge in [0.2, 0.25) is 0 Å². The summed E-state index contributed by atoms with van der Waals surface area (Å²) in [5.41, 5.74) is 2.01. The molecule has 1 unspecified atom stereocenters. The van der Waals surface area contributed by atoms with Crippen molar-refractivity contribution in [2.24, 2.45) is 0 Å². The van der Waals surface area contributed by atoms with Crippen molar-refractivity contribution in [2.45, 2.75) is 29.7 Å². The maximum absolute atomic E-state index is 12.7. The topological polar surface area (TPSA) is 84.5 Å². The van der Waals surface area contributed by atoms with Crippen LogP contribution in [0.15, 0.2) is 76.5 Å². The second-order valence-electron chi connectivity index (χ2n) is 7.39. The van der Waals surface area contributed by atoms with Crippen molar-refractivity contribution in [3.63, 3.8) is 0 Å². The van der Waals surface area contributed by atoms with Gasteiger partial charge < -0.3 is 10.1 Å². The van der Waals surface area contributed by atoms with E-state index in [1.807, 2.05) is 37.4 Å². The van der Waals surface area contributed by atoms with Gasteiger partial charge in [0.15, 0.2) is 6.61 Å². The minimum Gasteiger partial charge on any atom is -0.484 e. The number of rotatable bonds is 9. The lowest BCUT2D eigenvalue weighted by atomic mass is 10.1. The zero-order valence-electron chi connectivity index (χ0n) is 18.5. The summed E-state index contributed by atoms with van der Waals surface area (Å²) >= 11 is 7.50. The van der Waals surface area contributed by atoms with Gasteiger partial charge in [-0.2, -0.15) is 0 Å². The smallest absolute Gasteiger partial charge is 0.261 e. The number of thioether (sulfide) groups is 1. The van der Waals surface area contributed by atoms with E-state index in [9.17, 15) is 13.2 Å². The standard InChI is InChI=1S/C24H25ClN2O4S2/c1-16-14-22(33(29,30)27-20-8-6-19(25)7-9-20)12-13-23(16)31-15-24(28)26-17(2)18-4-10-21(32-3)11-5-18/h4-14,17,27H,15H2,1-3H3,(H,26,28). The number of nitrogens with one attached hydrogen (secondary N) is 2. The summed E-state index contributed by atoms with van der Waals surface area (Å²) in [4.78, 5) is 13.6. The van der Waals surface area contributed by atoms with Gasteiger partial charge in [0.25, 0.3) is 15.9 Å². The Morgan fingerprint density at radius 2 is 1.73 bits per heavy atom. The Morgan fingerprint density at radius 3 is 2.33 bits per heavy atom. The molecule has 0 aliphatic rings. The van der Waals surface area contributed by atoms with Gasteiger partial charge >= 0.3 is 0 Å². The minimum atomic E-state index is -3.78. The average molecular weight is 505 g/mol. The molecule has 0 aromatic heterocycles. The van der Waals surface area contributed by atoms with Crippen LogP contribution in [0.5, 0.6) is 5.75 Å². The molecule has 3 aromatic rings. The van der Waals surface area contributed by atoms with Crippen LogP contribution in [0.4, 0.5) is 5.69 Å². The molecule has 1 amide bonds. The van der Waals surface area contributed by atoms with Crippen LogP contribution in [0.2, 0.25) is 5.02 Å². The summed E-state index contributed by atoms with van der Waals surface area (Å²) in [5, 5.41) is 3.42. The second-order valence-corrected chi connectivity index (χ2v) is 10.4. The van der Waals surface area contributed by atoms with Crippen LogP contribution in [0, 0.1) is 6.92 Å². The van der Waals surface area contributed by atoms with Crippen LogP contribution in [0.3, 0.4) is 0 Å². The fourth-order valence-corrected chi connectivity index (χ4v) is 4.76. The molecule has 3 aromatic carbocycles. The Hall–Kier alpha value is -2.68. The molecule has 0 aliphatic heterocycles. The number of hydrogen-bond donors (Lipinski definition) is 2. The third-order valence-corrected chi connectivity index (χ3v) is 7.28. The Balaban J connectivity index is 1.59. The fourth-order valence-electron chi connectivity index (χ4n) is 3.09. The second kappa shape index (κ2) is 11.0. The quantitative estimate of drug-likeness (QED) is 0.380.